The van der Waals surface area contributed by atoms with E-state index in [4.69, 9.17) is 9.47 Å². The Morgan fingerprint density at radius 1 is 1.13 bits per heavy atom. The van der Waals surface area contributed by atoms with Gasteiger partial charge in [0.1, 0.15) is 0 Å². The highest BCUT2D eigenvalue weighted by molar-refractivity contribution is 7.89. The number of aliphatic imine (C=N–C) groups is 1. The summed E-state index contributed by atoms with van der Waals surface area (Å²) in [7, 11) is -3.34. The average molecular weight is 447 g/mol. The quantitative estimate of drug-likeness (QED) is 0.296. The number of hydrogen-bond acceptors (Lipinski definition) is 5. The first kappa shape index (κ1) is 25.4. The Labute approximate surface area is 183 Å². The van der Waals surface area contributed by atoms with Crippen molar-refractivity contribution in [3.05, 3.63) is 0 Å². The molecule has 0 radical (unpaired) electrons. The second-order valence-corrected chi connectivity index (χ2v) is 10.1. The van der Waals surface area contributed by atoms with Crippen molar-refractivity contribution in [2.75, 3.05) is 45.1 Å². The van der Waals surface area contributed by atoms with Crippen molar-refractivity contribution in [1.82, 2.24) is 15.4 Å². The van der Waals surface area contributed by atoms with Gasteiger partial charge >= 0.3 is 0 Å². The first-order valence-electron chi connectivity index (χ1n) is 11.8. The van der Waals surface area contributed by atoms with Crippen LogP contribution in [0.15, 0.2) is 4.99 Å². The van der Waals surface area contributed by atoms with Crippen molar-refractivity contribution in [2.45, 2.75) is 77.4 Å². The molecule has 0 spiro atoms. The summed E-state index contributed by atoms with van der Waals surface area (Å²) in [5.41, 5.74) is 0. The Kier molecular flexibility index (Phi) is 12.0. The fourth-order valence-corrected chi connectivity index (χ4v) is 5.16. The van der Waals surface area contributed by atoms with E-state index >= 15 is 0 Å². The van der Waals surface area contributed by atoms with Crippen LogP contribution in [0.1, 0.15) is 65.2 Å². The number of ether oxygens (including phenoxy) is 2. The third kappa shape index (κ3) is 9.94. The minimum absolute atomic E-state index is 0.00137. The highest BCUT2D eigenvalue weighted by atomic mass is 32.2. The van der Waals surface area contributed by atoms with Crippen LogP contribution in [-0.2, 0) is 19.5 Å². The third-order valence-corrected chi connectivity index (χ3v) is 7.15. The van der Waals surface area contributed by atoms with Crippen LogP contribution >= 0.6 is 0 Å². The molecule has 0 aromatic carbocycles. The van der Waals surface area contributed by atoms with Gasteiger partial charge in [-0.15, -0.1) is 0 Å². The number of guanidine groups is 1. The van der Waals surface area contributed by atoms with Gasteiger partial charge in [-0.25, -0.2) is 13.1 Å². The smallest absolute Gasteiger partial charge is 0.213 e. The van der Waals surface area contributed by atoms with Crippen LogP contribution in [0.3, 0.4) is 0 Å². The standard InChI is InChI=1S/C21H42N4O4S/c1-3-22-21(23-13-12-20(28-4-2)18-9-5-6-10-18)24-14-16-30(26,27)25-17-19-11-7-8-15-29-19/h18-20,25H,3-17H2,1-2H3,(H2,22,23,24). The molecule has 2 unspecified atom stereocenters. The zero-order valence-electron chi connectivity index (χ0n) is 18.8. The summed E-state index contributed by atoms with van der Waals surface area (Å²) >= 11 is 0. The van der Waals surface area contributed by atoms with Gasteiger partial charge in [-0.2, -0.15) is 0 Å². The number of nitrogens with zero attached hydrogens (tertiary/aromatic N) is 1. The highest BCUT2D eigenvalue weighted by Crippen LogP contribution is 2.30. The molecule has 1 aliphatic carbocycles. The molecular weight excluding hydrogens is 404 g/mol. The Balaban J connectivity index is 1.72. The van der Waals surface area contributed by atoms with Crippen LogP contribution in [0.2, 0.25) is 0 Å². The van der Waals surface area contributed by atoms with Crippen molar-refractivity contribution in [1.29, 1.82) is 0 Å². The molecule has 176 valence electrons. The van der Waals surface area contributed by atoms with E-state index in [1.807, 2.05) is 13.8 Å². The number of hydrogen-bond donors (Lipinski definition) is 3. The SMILES string of the molecule is CCNC(=NCCC(OCC)C1CCCC1)NCCS(=O)(=O)NCC1CCCCO1. The Morgan fingerprint density at radius 3 is 2.57 bits per heavy atom. The Morgan fingerprint density at radius 2 is 1.90 bits per heavy atom. The molecule has 0 amide bonds. The summed E-state index contributed by atoms with van der Waals surface area (Å²) in [5.74, 6) is 1.32. The lowest BCUT2D eigenvalue weighted by Gasteiger charge is -2.23. The molecule has 2 aliphatic rings. The molecule has 1 saturated heterocycles. The molecule has 30 heavy (non-hydrogen) atoms. The van der Waals surface area contributed by atoms with Crippen molar-refractivity contribution in [3.8, 4) is 0 Å². The van der Waals surface area contributed by atoms with E-state index in [1.54, 1.807) is 0 Å². The number of sulfonamides is 1. The van der Waals surface area contributed by atoms with Crippen LogP contribution in [-0.4, -0.2) is 71.7 Å². The lowest BCUT2D eigenvalue weighted by molar-refractivity contribution is 0.0177. The molecule has 0 bridgehead atoms. The van der Waals surface area contributed by atoms with Crippen molar-refractivity contribution >= 4 is 16.0 Å². The van der Waals surface area contributed by atoms with Crippen molar-refractivity contribution < 1.29 is 17.9 Å². The summed E-state index contributed by atoms with van der Waals surface area (Å²) in [6.07, 6.45) is 9.36. The lowest BCUT2D eigenvalue weighted by Crippen LogP contribution is -2.42. The maximum absolute atomic E-state index is 12.3. The van der Waals surface area contributed by atoms with Crippen molar-refractivity contribution in [3.63, 3.8) is 0 Å². The van der Waals surface area contributed by atoms with Crippen LogP contribution in [0, 0.1) is 5.92 Å². The van der Waals surface area contributed by atoms with E-state index in [1.165, 1.54) is 25.7 Å². The Hall–Kier alpha value is -0.900. The van der Waals surface area contributed by atoms with Gasteiger partial charge in [0.2, 0.25) is 10.0 Å². The second-order valence-electron chi connectivity index (χ2n) is 8.17. The average Bonchev–Trinajstić information content (AvgIpc) is 3.27. The maximum Gasteiger partial charge on any atom is 0.213 e. The largest absolute Gasteiger partial charge is 0.378 e. The summed E-state index contributed by atoms with van der Waals surface area (Å²) in [6, 6.07) is 0. The van der Waals surface area contributed by atoms with Crippen LogP contribution in [0.5, 0.6) is 0 Å². The summed E-state index contributed by atoms with van der Waals surface area (Å²) in [6.45, 7) is 7.57. The first-order chi connectivity index (χ1) is 14.5. The zero-order chi connectivity index (χ0) is 21.7. The molecule has 0 aromatic rings. The Bertz CT molecular complexity index is 588. The summed E-state index contributed by atoms with van der Waals surface area (Å²) in [5, 5.41) is 6.33. The van der Waals surface area contributed by atoms with Crippen molar-refractivity contribution in [2.24, 2.45) is 10.9 Å². The minimum atomic E-state index is -3.34. The van der Waals surface area contributed by atoms with Gasteiger partial charge < -0.3 is 20.1 Å². The van der Waals surface area contributed by atoms with E-state index < -0.39 is 10.0 Å². The summed E-state index contributed by atoms with van der Waals surface area (Å²) < 4.78 is 38.7. The van der Waals surface area contributed by atoms with E-state index in [2.05, 4.69) is 20.3 Å². The third-order valence-electron chi connectivity index (χ3n) is 5.80. The molecular formula is C21H42N4O4S. The fourth-order valence-electron chi connectivity index (χ4n) is 4.21. The molecule has 8 nitrogen and oxygen atoms in total. The zero-order valence-corrected chi connectivity index (χ0v) is 19.6. The van der Waals surface area contributed by atoms with Gasteiger partial charge in [0.25, 0.3) is 0 Å². The molecule has 2 rings (SSSR count). The number of nitrogens with one attached hydrogen (secondary N) is 3. The monoisotopic (exact) mass is 446 g/mol. The highest BCUT2D eigenvalue weighted by Gasteiger charge is 2.25. The van der Waals surface area contributed by atoms with Gasteiger partial charge in [0.15, 0.2) is 5.96 Å². The van der Waals surface area contributed by atoms with E-state index in [0.29, 0.717) is 31.5 Å². The molecule has 9 heteroatoms. The van der Waals surface area contributed by atoms with Gasteiger partial charge in [0, 0.05) is 39.4 Å². The van der Waals surface area contributed by atoms with E-state index in [0.717, 1.165) is 45.4 Å². The van der Waals surface area contributed by atoms with Crippen LogP contribution in [0.4, 0.5) is 0 Å². The van der Waals surface area contributed by atoms with Gasteiger partial charge in [0.05, 0.1) is 18.0 Å². The molecule has 1 saturated carbocycles. The van der Waals surface area contributed by atoms with E-state index in [9.17, 15) is 8.42 Å². The van der Waals surface area contributed by atoms with Crippen LogP contribution < -0.4 is 15.4 Å². The molecule has 2 atom stereocenters. The molecule has 3 N–H and O–H groups in total. The fraction of sp³-hybridized carbons (Fsp3) is 0.952. The van der Waals surface area contributed by atoms with Crippen LogP contribution in [0.25, 0.3) is 0 Å². The van der Waals surface area contributed by atoms with Gasteiger partial charge in [-0.05, 0) is 58.3 Å². The lowest BCUT2D eigenvalue weighted by atomic mass is 9.98. The summed E-state index contributed by atoms with van der Waals surface area (Å²) in [4.78, 5) is 4.63. The van der Waals surface area contributed by atoms with Gasteiger partial charge in [-0.1, -0.05) is 12.8 Å². The first-order valence-corrected chi connectivity index (χ1v) is 13.4. The normalized spacial score (nSPS) is 22.2. The van der Waals surface area contributed by atoms with Gasteiger partial charge in [-0.3, -0.25) is 4.99 Å². The second kappa shape index (κ2) is 14.2. The maximum atomic E-state index is 12.3. The topological polar surface area (TPSA) is 101 Å². The number of rotatable bonds is 13. The molecule has 1 heterocycles. The molecule has 0 aromatic heterocycles. The predicted octanol–water partition coefficient (Wildman–Crippen LogP) is 2.02. The predicted molar refractivity (Wildman–Crippen MR) is 121 cm³/mol. The van der Waals surface area contributed by atoms with E-state index in [-0.39, 0.29) is 18.0 Å². The molecule has 1 aliphatic heterocycles. The molecule has 2 fully saturated rings. The minimum Gasteiger partial charge on any atom is -0.378 e.